The Kier molecular flexibility index (Phi) is 3.27. The van der Waals surface area contributed by atoms with Crippen LogP contribution in [0.2, 0.25) is 0 Å². The molecule has 1 aliphatic carbocycles. The first-order chi connectivity index (χ1) is 8.69. The number of likely N-dealkylation sites (tertiary alicyclic amines) is 1. The lowest BCUT2D eigenvalue weighted by Gasteiger charge is -2.26. The van der Waals surface area contributed by atoms with Crippen LogP contribution in [0.5, 0.6) is 0 Å². The molecule has 2 fully saturated rings. The Balaban J connectivity index is 1.91. The van der Waals surface area contributed by atoms with E-state index in [0.29, 0.717) is 19.7 Å². The fourth-order valence-corrected chi connectivity index (χ4v) is 3.03. The van der Waals surface area contributed by atoms with Gasteiger partial charge in [-0.2, -0.15) is 0 Å². The molecule has 0 radical (unpaired) electrons. The molecule has 3 atom stereocenters. The molecule has 5 nitrogen and oxygen atoms in total. The first-order valence-electron chi connectivity index (χ1n) is 6.83. The van der Waals surface area contributed by atoms with Gasteiger partial charge in [0, 0.05) is 18.5 Å². The standard InChI is InChI=1S/C14H23NO4/c1-6-18-11(16)10-9-7-15(8-14(9,10)5)12(17)19-13(2,3)4/h9-10H,6-8H2,1-5H3/t9-,10+,14?/m0/s1. The number of carbonyl (C=O) groups excluding carboxylic acids is 2. The molecule has 1 aliphatic heterocycles. The summed E-state index contributed by atoms with van der Waals surface area (Å²) in [5.41, 5.74) is -0.603. The minimum absolute atomic E-state index is 0.0499. The second kappa shape index (κ2) is 4.39. The minimum atomic E-state index is -0.481. The number of rotatable bonds is 2. The molecule has 5 heteroatoms. The van der Waals surface area contributed by atoms with Crippen molar-refractivity contribution in [1.82, 2.24) is 4.90 Å². The molecule has 0 bridgehead atoms. The van der Waals surface area contributed by atoms with Gasteiger partial charge in [0.2, 0.25) is 0 Å². The first kappa shape index (κ1) is 14.2. The molecule has 1 heterocycles. The van der Waals surface area contributed by atoms with Crippen LogP contribution < -0.4 is 0 Å². The van der Waals surface area contributed by atoms with Crippen molar-refractivity contribution in [3.63, 3.8) is 0 Å². The molecule has 108 valence electrons. The van der Waals surface area contributed by atoms with Gasteiger partial charge in [0.15, 0.2) is 0 Å². The molecule has 0 aromatic carbocycles. The van der Waals surface area contributed by atoms with Crippen LogP contribution in [0.4, 0.5) is 4.79 Å². The van der Waals surface area contributed by atoms with E-state index >= 15 is 0 Å². The summed E-state index contributed by atoms with van der Waals surface area (Å²) in [5.74, 6) is 0.0454. The lowest BCUT2D eigenvalue weighted by atomic mass is 10.1. The van der Waals surface area contributed by atoms with E-state index in [9.17, 15) is 9.59 Å². The van der Waals surface area contributed by atoms with Crippen molar-refractivity contribution < 1.29 is 19.1 Å². The van der Waals surface area contributed by atoms with E-state index < -0.39 is 5.60 Å². The predicted octanol–water partition coefficient (Wildman–Crippen LogP) is 2.05. The molecule has 2 rings (SSSR count). The van der Waals surface area contributed by atoms with Gasteiger partial charge >= 0.3 is 12.1 Å². The number of esters is 1. The number of ether oxygens (including phenoxy) is 2. The summed E-state index contributed by atoms with van der Waals surface area (Å²) >= 11 is 0. The second-order valence-corrected chi connectivity index (χ2v) is 6.70. The van der Waals surface area contributed by atoms with Gasteiger partial charge in [-0.1, -0.05) is 6.92 Å². The van der Waals surface area contributed by atoms with Gasteiger partial charge < -0.3 is 14.4 Å². The van der Waals surface area contributed by atoms with E-state index in [1.54, 1.807) is 4.90 Å². The summed E-state index contributed by atoms with van der Waals surface area (Å²) in [6.07, 6.45) is -0.288. The zero-order chi connectivity index (χ0) is 14.4. The maximum atomic E-state index is 12.0. The van der Waals surface area contributed by atoms with Crippen LogP contribution in [0, 0.1) is 17.3 Å². The summed E-state index contributed by atoms with van der Waals surface area (Å²) in [7, 11) is 0. The fraction of sp³-hybridized carbons (Fsp3) is 0.857. The van der Waals surface area contributed by atoms with Crippen molar-refractivity contribution in [2.45, 2.75) is 40.2 Å². The van der Waals surface area contributed by atoms with Crippen molar-refractivity contribution in [2.75, 3.05) is 19.7 Å². The zero-order valence-electron chi connectivity index (χ0n) is 12.4. The fourth-order valence-electron chi connectivity index (χ4n) is 3.03. The Morgan fingerprint density at radius 2 is 2.00 bits per heavy atom. The zero-order valence-corrected chi connectivity index (χ0v) is 12.4. The van der Waals surface area contributed by atoms with Crippen LogP contribution in [0.3, 0.4) is 0 Å². The number of piperidine rings is 1. The van der Waals surface area contributed by atoms with Crippen LogP contribution in [-0.2, 0) is 14.3 Å². The molecule has 19 heavy (non-hydrogen) atoms. The molecule has 1 amide bonds. The Hall–Kier alpha value is -1.26. The highest BCUT2D eigenvalue weighted by Gasteiger charge is 2.70. The Morgan fingerprint density at radius 3 is 2.42 bits per heavy atom. The van der Waals surface area contributed by atoms with Gasteiger partial charge in [-0.15, -0.1) is 0 Å². The van der Waals surface area contributed by atoms with Crippen LogP contribution in [0.25, 0.3) is 0 Å². The molecule has 1 unspecified atom stereocenters. The third kappa shape index (κ3) is 2.55. The Labute approximate surface area is 114 Å². The topological polar surface area (TPSA) is 55.8 Å². The van der Waals surface area contributed by atoms with Crippen LogP contribution in [0.15, 0.2) is 0 Å². The molecule has 1 saturated carbocycles. The van der Waals surface area contributed by atoms with Crippen LogP contribution >= 0.6 is 0 Å². The van der Waals surface area contributed by atoms with Gasteiger partial charge in [0.1, 0.15) is 5.60 Å². The highest BCUT2D eigenvalue weighted by Crippen LogP contribution is 2.63. The van der Waals surface area contributed by atoms with Crippen molar-refractivity contribution in [2.24, 2.45) is 17.3 Å². The number of carbonyl (C=O) groups is 2. The maximum absolute atomic E-state index is 12.0. The molecule has 0 N–H and O–H groups in total. The number of fused-ring (bicyclic) bond motifs is 1. The highest BCUT2D eigenvalue weighted by molar-refractivity contribution is 5.79. The van der Waals surface area contributed by atoms with Crippen LogP contribution in [-0.4, -0.2) is 42.3 Å². The van der Waals surface area contributed by atoms with Crippen molar-refractivity contribution in [3.8, 4) is 0 Å². The van der Waals surface area contributed by atoms with Crippen molar-refractivity contribution in [3.05, 3.63) is 0 Å². The van der Waals surface area contributed by atoms with Crippen LogP contribution in [0.1, 0.15) is 34.6 Å². The summed E-state index contributed by atoms with van der Waals surface area (Å²) in [5, 5.41) is 0. The number of nitrogens with zero attached hydrogens (tertiary/aromatic N) is 1. The molecular formula is C14H23NO4. The molecule has 0 spiro atoms. The largest absolute Gasteiger partial charge is 0.466 e. The van der Waals surface area contributed by atoms with Gasteiger partial charge in [0.25, 0.3) is 0 Å². The monoisotopic (exact) mass is 269 g/mol. The normalized spacial score (nSPS) is 32.8. The van der Waals surface area contributed by atoms with Crippen molar-refractivity contribution >= 4 is 12.1 Å². The van der Waals surface area contributed by atoms with Gasteiger partial charge in [0.05, 0.1) is 12.5 Å². The molecule has 0 aromatic heterocycles. The third-order valence-corrected chi connectivity index (χ3v) is 3.99. The van der Waals surface area contributed by atoms with E-state index in [2.05, 4.69) is 0 Å². The minimum Gasteiger partial charge on any atom is -0.466 e. The predicted molar refractivity (Wildman–Crippen MR) is 69.5 cm³/mol. The quantitative estimate of drug-likeness (QED) is 0.720. The summed E-state index contributed by atoms with van der Waals surface area (Å²) in [4.78, 5) is 25.4. The van der Waals surface area contributed by atoms with Gasteiger partial charge in [-0.05, 0) is 33.6 Å². The number of hydrogen-bond acceptors (Lipinski definition) is 4. The van der Waals surface area contributed by atoms with E-state index in [0.717, 1.165) is 0 Å². The molecule has 2 aliphatic rings. The average Bonchev–Trinajstić information content (AvgIpc) is 2.64. The molecule has 0 aromatic rings. The molecule has 1 saturated heterocycles. The second-order valence-electron chi connectivity index (χ2n) is 6.70. The van der Waals surface area contributed by atoms with E-state index in [4.69, 9.17) is 9.47 Å². The van der Waals surface area contributed by atoms with Crippen molar-refractivity contribution in [1.29, 1.82) is 0 Å². The van der Waals surface area contributed by atoms with E-state index in [-0.39, 0.29) is 29.3 Å². The SMILES string of the molecule is CCOC(=O)[C@H]1[C@@H]2CN(C(=O)OC(C)(C)C)CC21C. The Bertz CT molecular complexity index is 401. The van der Waals surface area contributed by atoms with Gasteiger partial charge in [-0.25, -0.2) is 4.79 Å². The average molecular weight is 269 g/mol. The maximum Gasteiger partial charge on any atom is 0.410 e. The molecular weight excluding hydrogens is 246 g/mol. The first-order valence-corrected chi connectivity index (χ1v) is 6.83. The summed E-state index contributed by atoms with van der Waals surface area (Å²) in [6, 6.07) is 0. The third-order valence-electron chi connectivity index (χ3n) is 3.99. The Morgan fingerprint density at radius 1 is 1.37 bits per heavy atom. The van der Waals surface area contributed by atoms with E-state index in [1.165, 1.54) is 0 Å². The highest BCUT2D eigenvalue weighted by atomic mass is 16.6. The summed E-state index contributed by atoms with van der Waals surface area (Å²) < 4.78 is 10.4. The smallest absolute Gasteiger partial charge is 0.410 e. The van der Waals surface area contributed by atoms with E-state index in [1.807, 2.05) is 34.6 Å². The lowest BCUT2D eigenvalue weighted by molar-refractivity contribution is -0.146. The number of hydrogen-bond donors (Lipinski definition) is 0. The number of amides is 1. The lowest BCUT2D eigenvalue weighted by Crippen LogP contribution is -2.38. The summed E-state index contributed by atoms with van der Waals surface area (Å²) in [6.45, 7) is 11.0. The van der Waals surface area contributed by atoms with Gasteiger partial charge in [-0.3, -0.25) is 4.79 Å².